The minimum atomic E-state index is -1.00. The quantitative estimate of drug-likeness (QED) is 0.436. The van der Waals surface area contributed by atoms with Gasteiger partial charge in [0.1, 0.15) is 31.4 Å². The molecule has 2 aliphatic heterocycles. The van der Waals surface area contributed by atoms with Gasteiger partial charge in [0.25, 0.3) is 0 Å². The summed E-state index contributed by atoms with van der Waals surface area (Å²) in [6, 6.07) is -0.557. The SMILES string of the molecule is CC(C)(C)C(NC(=O)OCCF)C(=O)N1CC2C(C1C(=O)NC(C#N)CC1CCCCCNC1=O)C2(C)C. The molecule has 0 aromatic heterocycles. The van der Waals surface area contributed by atoms with E-state index in [1.165, 1.54) is 4.90 Å². The molecule has 2 heterocycles. The molecule has 3 aliphatic rings. The number of carbonyl (C=O) groups excluding carboxylic acids is 4. The smallest absolute Gasteiger partial charge is 0.407 e. The summed E-state index contributed by atoms with van der Waals surface area (Å²) in [6.07, 6.45) is 2.79. The van der Waals surface area contributed by atoms with Gasteiger partial charge in [-0.2, -0.15) is 5.26 Å². The summed E-state index contributed by atoms with van der Waals surface area (Å²) in [5.74, 6) is -1.30. The summed E-state index contributed by atoms with van der Waals surface area (Å²) in [4.78, 5) is 53.6. The maximum atomic E-state index is 13.8. The Bertz CT molecular complexity index is 958. The molecule has 3 N–H and O–H groups in total. The van der Waals surface area contributed by atoms with Gasteiger partial charge in [0.05, 0.1) is 6.07 Å². The third kappa shape index (κ3) is 6.56. The molecule has 0 bridgehead atoms. The topological polar surface area (TPSA) is 141 Å². The molecule has 3 fully saturated rings. The highest BCUT2D eigenvalue weighted by Gasteiger charge is 2.69. The van der Waals surface area contributed by atoms with E-state index in [0.717, 1.165) is 19.3 Å². The van der Waals surface area contributed by atoms with E-state index >= 15 is 0 Å². The summed E-state index contributed by atoms with van der Waals surface area (Å²) in [7, 11) is 0. The Morgan fingerprint density at radius 3 is 2.58 bits per heavy atom. The highest BCUT2D eigenvalue weighted by Crippen LogP contribution is 2.65. The van der Waals surface area contributed by atoms with E-state index in [0.29, 0.717) is 19.5 Å². The van der Waals surface area contributed by atoms with E-state index < -0.39 is 54.7 Å². The largest absolute Gasteiger partial charge is 0.447 e. The van der Waals surface area contributed by atoms with Crippen LogP contribution in [0.15, 0.2) is 0 Å². The number of amides is 4. The summed E-state index contributed by atoms with van der Waals surface area (Å²) < 4.78 is 17.2. The number of nitriles is 1. The molecule has 1 saturated carbocycles. The Labute approximate surface area is 224 Å². The van der Waals surface area contributed by atoms with Gasteiger partial charge >= 0.3 is 6.09 Å². The van der Waals surface area contributed by atoms with Crippen LogP contribution in [-0.4, -0.2) is 73.2 Å². The molecular weight excluding hydrogens is 493 g/mol. The van der Waals surface area contributed by atoms with E-state index in [4.69, 9.17) is 4.74 Å². The predicted octanol–water partition coefficient (Wildman–Crippen LogP) is 2.28. The fourth-order valence-electron chi connectivity index (χ4n) is 6.01. The van der Waals surface area contributed by atoms with Crippen molar-refractivity contribution in [2.45, 2.75) is 84.8 Å². The Kier molecular flexibility index (Phi) is 9.26. The summed E-state index contributed by atoms with van der Waals surface area (Å²) in [5.41, 5.74) is -0.860. The highest BCUT2D eigenvalue weighted by atomic mass is 19.1. The third-order valence-electron chi connectivity index (χ3n) is 8.34. The first-order valence-electron chi connectivity index (χ1n) is 13.6. The lowest BCUT2D eigenvalue weighted by atomic mass is 9.85. The van der Waals surface area contributed by atoms with Crippen LogP contribution in [0.4, 0.5) is 9.18 Å². The number of hydrogen-bond donors (Lipinski definition) is 3. The molecule has 0 aromatic rings. The van der Waals surface area contributed by atoms with Gasteiger partial charge in [-0.3, -0.25) is 14.4 Å². The van der Waals surface area contributed by atoms with Gasteiger partial charge in [0.15, 0.2) is 0 Å². The summed E-state index contributed by atoms with van der Waals surface area (Å²) in [6.45, 7) is 9.17. The average molecular weight is 536 g/mol. The van der Waals surface area contributed by atoms with Crippen LogP contribution >= 0.6 is 0 Å². The molecule has 6 atom stereocenters. The maximum Gasteiger partial charge on any atom is 0.407 e. The van der Waals surface area contributed by atoms with Gasteiger partial charge < -0.3 is 25.6 Å². The zero-order chi connectivity index (χ0) is 28.3. The number of likely N-dealkylation sites (tertiary alicyclic amines) is 1. The molecule has 38 heavy (non-hydrogen) atoms. The number of nitrogens with one attached hydrogen (secondary N) is 3. The van der Waals surface area contributed by atoms with Gasteiger partial charge in [-0.05, 0) is 41.9 Å². The van der Waals surface area contributed by atoms with Crippen LogP contribution in [0.25, 0.3) is 0 Å². The van der Waals surface area contributed by atoms with Gasteiger partial charge in [-0.25, -0.2) is 9.18 Å². The molecule has 212 valence electrons. The summed E-state index contributed by atoms with van der Waals surface area (Å²) in [5, 5.41) is 18.1. The molecular formula is C27H42FN5O5. The Morgan fingerprint density at radius 2 is 1.95 bits per heavy atom. The lowest BCUT2D eigenvalue weighted by Crippen LogP contribution is -2.60. The van der Waals surface area contributed by atoms with Crippen molar-refractivity contribution in [1.29, 1.82) is 5.26 Å². The molecule has 11 heteroatoms. The third-order valence-corrected chi connectivity index (χ3v) is 8.34. The molecule has 10 nitrogen and oxygen atoms in total. The van der Waals surface area contributed by atoms with Crippen LogP contribution in [0, 0.1) is 39.9 Å². The van der Waals surface area contributed by atoms with E-state index in [1.54, 1.807) is 20.8 Å². The Morgan fingerprint density at radius 1 is 1.24 bits per heavy atom. The van der Waals surface area contributed by atoms with Gasteiger partial charge in [0, 0.05) is 19.0 Å². The fraction of sp³-hybridized carbons (Fsp3) is 0.815. The molecule has 6 unspecified atom stereocenters. The number of hydrogen-bond acceptors (Lipinski definition) is 6. The zero-order valence-electron chi connectivity index (χ0n) is 23.1. The highest BCUT2D eigenvalue weighted by molar-refractivity contribution is 5.93. The Balaban J connectivity index is 1.76. The second kappa shape index (κ2) is 11.9. The number of fused-ring (bicyclic) bond motifs is 1. The van der Waals surface area contributed by atoms with Crippen molar-refractivity contribution in [2.75, 3.05) is 26.4 Å². The van der Waals surface area contributed by atoms with Crippen molar-refractivity contribution in [3.63, 3.8) is 0 Å². The molecule has 0 radical (unpaired) electrons. The molecule has 0 spiro atoms. The minimum Gasteiger partial charge on any atom is -0.447 e. The van der Waals surface area contributed by atoms with Crippen molar-refractivity contribution < 1.29 is 28.3 Å². The van der Waals surface area contributed by atoms with Gasteiger partial charge in [-0.15, -0.1) is 0 Å². The van der Waals surface area contributed by atoms with Crippen molar-refractivity contribution in [2.24, 2.45) is 28.6 Å². The first kappa shape index (κ1) is 29.7. The monoisotopic (exact) mass is 535 g/mol. The number of alkyl carbamates (subject to hydrolysis) is 1. The number of piperidine rings is 1. The first-order chi connectivity index (χ1) is 17.8. The standard InChI is InChI=1S/C27H42FN5O5/c1-26(2,3)21(32-25(37)38-12-10-28)24(36)33-15-18-19(27(18,4)5)20(33)23(35)31-17(14-29)13-16-9-7-6-8-11-30-22(16)34/h16-21H,6-13,15H2,1-5H3,(H,30,34)(H,31,35)(H,32,37). The molecule has 0 aromatic carbocycles. The van der Waals surface area contributed by atoms with Gasteiger partial charge in [0.2, 0.25) is 17.7 Å². The number of ether oxygens (including phenoxy) is 1. The van der Waals surface area contributed by atoms with Crippen LogP contribution in [-0.2, 0) is 19.1 Å². The number of nitrogens with zero attached hydrogens (tertiary/aromatic N) is 2. The van der Waals surface area contributed by atoms with E-state index in [9.17, 15) is 28.8 Å². The molecule has 3 rings (SSSR count). The van der Waals surface area contributed by atoms with Crippen LogP contribution in [0.3, 0.4) is 0 Å². The van der Waals surface area contributed by atoms with Crippen molar-refractivity contribution in [3.8, 4) is 6.07 Å². The zero-order valence-corrected chi connectivity index (χ0v) is 23.1. The maximum absolute atomic E-state index is 13.8. The minimum absolute atomic E-state index is 0.0883. The molecule has 4 amide bonds. The van der Waals surface area contributed by atoms with E-state index in [1.807, 2.05) is 0 Å². The lowest BCUT2D eigenvalue weighted by molar-refractivity contribution is -0.144. The second-order valence-corrected chi connectivity index (χ2v) is 12.4. The Hall–Kier alpha value is -2.90. The number of rotatable bonds is 8. The normalized spacial score (nSPS) is 27.9. The molecule has 1 aliphatic carbocycles. The van der Waals surface area contributed by atoms with Gasteiger partial charge in [-0.1, -0.05) is 47.5 Å². The first-order valence-corrected chi connectivity index (χ1v) is 13.6. The predicted molar refractivity (Wildman–Crippen MR) is 137 cm³/mol. The molecule has 2 saturated heterocycles. The van der Waals surface area contributed by atoms with Crippen LogP contribution in [0.1, 0.15) is 66.7 Å². The van der Waals surface area contributed by atoms with Crippen LogP contribution in [0.2, 0.25) is 0 Å². The number of alkyl halides is 1. The fourth-order valence-corrected chi connectivity index (χ4v) is 6.01. The summed E-state index contributed by atoms with van der Waals surface area (Å²) >= 11 is 0. The average Bonchev–Trinajstić information content (AvgIpc) is 3.17. The van der Waals surface area contributed by atoms with E-state index in [-0.39, 0.29) is 35.5 Å². The lowest BCUT2D eigenvalue weighted by Gasteiger charge is -2.37. The van der Waals surface area contributed by atoms with Crippen molar-refractivity contribution in [1.82, 2.24) is 20.9 Å². The number of carbonyl (C=O) groups is 4. The van der Waals surface area contributed by atoms with Crippen molar-refractivity contribution in [3.05, 3.63) is 0 Å². The second-order valence-electron chi connectivity index (χ2n) is 12.4. The van der Waals surface area contributed by atoms with Crippen LogP contribution < -0.4 is 16.0 Å². The number of halogens is 1. The van der Waals surface area contributed by atoms with E-state index in [2.05, 4.69) is 35.9 Å². The van der Waals surface area contributed by atoms with Crippen LogP contribution in [0.5, 0.6) is 0 Å². The van der Waals surface area contributed by atoms with Crippen molar-refractivity contribution >= 4 is 23.8 Å².